The van der Waals surface area contributed by atoms with Gasteiger partial charge in [-0.25, -0.2) is 0 Å². The minimum Gasteiger partial charge on any atom is -0.393 e. The summed E-state index contributed by atoms with van der Waals surface area (Å²) in [6.45, 7) is 1.50. The van der Waals surface area contributed by atoms with Crippen LogP contribution in [0.1, 0.15) is 25.0 Å². The highest BCUT2D eigenvalue weighted by Crippen LogP contribution is 2.24. The van der Waals surface area contributed by atoms with Crippen LogP contribution >= 0.6 is 11.6 Å². The van der Waals surface area contributed by atoms with Gasteiger partial charge in [0.15, 0.2) is 5.96 Å². The maximum Gasteiger partial charge on any atom is 0.193 e. The molecule has 1 saturated carbocycles. The summed E-state index contributed by atoms with van der Waals surface area (Å²) in [6, 6.07) is 1.96. The second kappa shape index (κ2) is 7.18. The molecule has 1 aliphatic carbocycles. The Morgan fingerprint density at radius 3 is 2.86 bits per heavy atom. The molecule has 1 fully saturated rings. The van der Waals surface area contributed by atoms with Crippen molar-refractivity contribution in [2.24, 2.45) is 18.0 Å². The van der Waals surface area contributed by atoms with Crippen molar-refractivity contribution in [1.29, 1.82) is 0 Å². The van der Waals surface area contributed by atoms with Gasteiger partial charge in [-0.2, -0.15) is 0 Å². The van der Waals surface area contributed by atoms with Crippen molar-refractivity contribution >= 4 is 17.6 Å². The summed E-state index contributed by atoms with van der Waals surface area (Å²) in [4.78, 5) is 6.38. The molecule has 2 atom stereocenters. The minimum atomic E-state index is -0.174. The van der Waals surface area contributed by atoms with E-state index in [2.05, 4.69) is 15.2 Å². The Hall–Kier alpha value is -1.20. The largest absolute Gasteiger partial charge is 0.393 e. The molecule has 2 N–H and O–H groups in total. The number of rotatable bonds is 4. The molecule has 1 aromatic heterocycles. The summed E-state index contributed by atoms with van der Waals surface area (Å²) in [5.74, 6) is 1.17. The van der Waals surface area contributed by atoms with Crippen molar-refractivity contribution in [3.05, 3.63) is 23.0 Å². The summed E-state index contributed by atoms with van der Waals surface area (Å²) in [6.07, 6.45) is 4.84. The standard InChI is InChI=1S/C15H25ClN4O/c1-17-15(18-8-11-5-4-6-14(11)21)20(3)10-13-7-12(16)9-19(13)2/h7,9,11,14,21H,4-6,8,10H2,1-3H3,(H,17,18). The van der Waals surface area contributed by atoms with Crippen LogP contribution in [0.5, 0.6) is 0 Å². The van der Waals surface area contributed by atoms with E-state index in [1.165, 1.54) is 0 Å². The number of aryl methyl sites for hydroxylation is 1. The predicted octanol–water partition coefficient (Wildman–Crippen LogP) is 1.85. The zero-order valence-corrected chi connectivity index (χ0v) is 13.8. The van der Waals surface area contributed by atoms with Crippen LogP contribution < -0.4 is 5.32 Å². The Morgan fingerprint density at radius 1 is 1.57 bits per heavy atom. The molecule has 0 aliphatic heterocycles. The number of aliphatic hydroxyl groups excluding tert-OH is 1. The number of hydrogen-bond donors (Lipinski definition) is 2. The smallest absolute Gasteiger partial charge is 0.193 e. The Morgan fingerprint density at radius 2 is 2.33 bits per heavy atom. The van der Waals surface area contributed by atoms with E-state index in [9.17, 15) is 5.11 Å². The van der Waals surface area contributed by atoms with E-state index in [0.717, 1.165) is 49.0 Å². The van der Waals surface area contributed by atoms with Gasteiger partial charge in [-0.3, -0.25) is 4.99 Å². The molecule has 21 heavy (non-hydrogen) atoms. The highest BCUT2D eigenvalue weighted by molar-refractivity contribution is 6.30. The van der Waals surface area contributed by atoms with Gasteiger partial charge in [0.1, 0.15) is 0 Å². The lowest BCUT2D eigenvalue weighted by molar-refractivity contribution is 0.134. The number of aliphatic imine (C=N–C) groups is 1. The number of aromatic nitrogens is 1. The van der Waals surface area contributed by atoms with Crippen molar-refractivity contribution in [2.45, 2.75) is 31.9 Å². The SMILES string of the molecule is CN=C(NCC1CCCC1O)N(C)Cc1cc(Cl)cn1C. The van der Waals surface area contributed by atoms with Crippen molar-refractivity contribution in [3.63, 3.8) is 0 Å². The number of hydrogen-bond acceptors (Lipinski definition) is 2. The first-order chi connectivity index (χ1) is 10.0. The van der Waals surface area contributed by atoms with Crippen LogP contribution in [-0.2, 0) is 13.6 Å². The number of guanidine groups is 1. The molecule has 0 spiro atoms. The highest BCUT2D eigenvalue weighted by Gasteiger charge is 2.25. The van der Waals surface area contributed by atoms with E-state index in [4.69, 9.17) is 11.6 Å². The third kappa shape index (κ3) is 4.14. The first-order valence-corrected chi connectivity index (χ1v) is 7.79. The topological polar surface area (TPSA) is 52.8 Å². The van der Waals surface area contributed by atoms with E-state index < -0.39 is 0 Å². The lowest BCUT2D eigenvalue weighted by atomic mass is 10.1. The van der Waals surface area contributed by atoms with Crippen LogP contribution in [0.15, 0.2) is 17.3 Å². The quantitative estimate of drug-likeness (QED) is 0.659. The Bertz CT molecular complexity index is 500. The van der Waals surface area contributed by atoms with E-state index in [1.807, 2.05) is 30.9 Å². The van der Waals surface area contributed by atoms with E-state index in [1.54, 1.807) is 7.05 Å². The van der Waals surface area contributed by atoms with Gasteiger partial charge in [0, 0.05) is 45.5 Å². The first-order valence-electron chi connectivity index (χ1n) is 7.42. The minimum absolute atomic E-state index is 0.174. The third-order valence-corrected chi connectivity index (χ3v) is 4.40. The second-order valence-electron chi connectivity index (χ2n) is 5.80. The van der Waals surface area contributed by atoms with Gasteiger partial charge in [-0.1, -0.05) is 18.0 Å². The van der Waals surface area contributed by atoms with Gasteiger partial charge in [0.25, 0.3) is 0 Å². The van der Waals surface area contributed by atoms with Gasteiger partial charge in [-0.15, -0.1) is 0 Å². The number of nitrogens with zero attached hydrogens (tertiary/aromatic N) is 3. The highest BCUT2D eigenvalue weighted by atomic mass is 35.5. The molecule has 2 rings (SSSR count). The normalized spacial score (nSPS) is 22.6. The molecule has 2 unspecified atom stereocenters. The molecule has 1 aromatic rings. The molecular weight excluding hydrogens is 288 g/mol. The molecule has 1 aliphatic rings. The van der Waals surface area contributed by atoms with Gasteiger partial charge >= 0.3 is 0 Å². The molecule has 0 bridgehead atoms. The maximum absolute atomic E-state index is 9.88. The van der Waals surface area contributed by atoms with Crippen LogP contribution in [0.3, 0.4) is 0 Å². The average molecular weight is 313 g/mol. The summed E-state index contributed by atoms with van der Waals surface area (Å²) >= 11 is 6.01. The zero-order chi connectivity index (χ0) is 15.4. The number of halogens is 1. The molecule has 6 heteroatoms. The monoisotopic (exact) mass is 312 g/mol. The van der Waals surface area contributed by atoms with Crippen LogP contribution in [0.2, 0.25) is 5.02 Å². The molecule has 1 heterocycles. The Balaban J connectivity index is 1.89. The molecular formula is C15H25ClN4O. The molecule has 5 nitrogen and oxygen atoms in total. The van der Waals surface area contributed by atoms with E-state index in [0.29, 0.717) is 5.92 Å². The number of aliphatic hydroxyl groups is 1. The molecule has 0 radical (unpaired) electrons. The van der Waals surface area contributed by atoms with Crippen molar-refractivity contribution in [2.75, 3.05) is 20.6 Å². The van der Waals surface area contributed by atoms with Crippen molar-refractivity contribution < 1.29 is 5.11 Å². The Labute approximate surface area is 131 Å². The molecule has 0 saturated heterocycles. The summed E-state index contributed by atoms with van der Waals surface area (Å²) in [5, 5.41) is 14.0. The third-order valence-electron chi connectivity index (χ3n) is 4.19. The zero-order valence-electron chi connectivity index (χ0n) is 13.0. The number of nitrogens with one attached hydrogen (secondary N) is 1. The average Bonchev–Trinajstić information content (AvgIpc) is 2.97. The summed E-state index contributed by atoms with van der Waals surface area (Å²) < 4.78 is 2.02. The van der Waals surface area contributed by atoms with Gasteiger partial charge in [0.05, 0.1) is 17.7 Å². The van der Waals surface area contributed by atoms with Gasteiger partial charge < -0.3 is 19.9 Å². The van der Waals surface area contributed by atoms with E-state index >= 15 is 0 Å². The van der Waals surface area contributed by atoms with Gasteiger partial charge in [-0.05, 0) is 18.9 Å². The fourth-order valence-electron chi connectivity index (χ4n) is 2.90. The van der Waals surface area contributed by atoms with Crippen LogP contribution in [-0.4, -0.2) is 47.3 Å². The second-order valence-corrected chi connectivity index (χ2v) is 6.24. The van der Waals surface area contributed by atoms with Crippen LogP contribution in [0.4, 0.5) is 0 Å². The summed E-state index contributed by atoms with van der Waals surface area (Å²) in [7, 11) is 5.77. The summed E-state index contributed by atoms with van der Waals surface area (Å²) in [5.41, 5.74) is 1.13. The predicted molar refractivity (Wildman–Crippen MR) is 86.6 cm³/mol. The fourth-order valence-corrected chi connectivity index (χ4v) is 3.18. The molecule has 118 valence electrons. The fraction of sp³-hybridized carbons (Fsp3) is 0.667. The molecule has 0 amide bonds. The van der Waals surface area contributed by atoms with Gasteiger partial charge in [0.2, 0.25) is 0 Å². The Kier molecular flexibility index (Phi) is 5.53. The first kappa shape index (κ1) is 16.2. The lowest BCUT2D eigenvalue weighted by Crippen LogP contribution is -2.42. The van der Waals surface area contributed by atoms with Crippen molar-refractivity contribution in [1.82, 2.24) is 14.8 Å². The van der Waals surface area contributed by atoms with Crippen molar-refractivity contribution in [3.8, 4) is 0 Å². The van der Waals surface area contributed by atoms with E-state index in [-0.39, 0.29) is 6.10 Å². The molecule has 0 aromatic carbocycles. The van der Waals surface area contributed by atoms with Crippen LogP contribution in [0.25, 0.3) is 0 Å². The maximum atomic E-state index is 9.88. The van der Waals surface area contributed by atoms with Crippen LogP contribution in [0, 0.1) is 5.92 Å². The lowest BCUT2D eigenvalue weighted by Gasteiger charge is -2.24.